The van der Waals surface area contributed by atoms with Gasteiger partial charge in [-0.3, -0.25) is 14.5 Å². The van der Waals surface area contributed by atoms with E-state index in [0.717, 1.165) is 5.56 Å². The van der Waals surface area contributed by atoms with Gasteiger partial charge in [-0.15, -0.1) is 0 Å². The zero-order valence-electron chi connectivity index (χ0n) is 16.4. The van der Waals surface area contributed by atoms with Crippen LogP contribution in [0.1, 0.15) is 39.7 Å². The number of carbonyl (C=O) groups excluding carboxylic acids is 3. The third-order valence-corrected chi connectivity index (χ3v) is 4.19. The molecule has 0 aromatic heterocycles. The fourth-order valence-electron chi connectivity index (χ4n) is 2.82. The van der Waals surface area contributed by atoms with Crippen LogP contribution in [0.25, 0.3) is 0 Å². The van der Waals surface area contributed by atoms with E-state index in [9.17, 15) is 14.4 Å². The third kappa shape index (κ3) is 6.27. The van der Waals surface area contributed by atoms with Crippen molar-refractivity contribution in [3.63, 3.8) is 0 Å². The highest BCUT2D eigenvalue weighted by Crippen LogP contribution is 2.15. The molecule has 7 heteroatoms. The number of carbonyl (C=O) groups is 3. The van der Waals surface area contributed by atoms with Crippen molar-refractivity contribution >= 4 is 18.0 Å². The normalized spacial score (nSPS) is 17.6. The number of nitrogens with zero attached hydrogens (tertiary/aromatic N) is 2. The Hall–Kier alpha value is -2.57. The monoisotopic (exact) mass is 376 g/mol. The first-order chi connectivity index (χ1) is 12.7. The van der Waals surface area contributed by atoms with Crippen LogP contribution in [-0.2, 0) is 25.7 Å². The number of benzene rings is 1. The van der Waals surface area contributed by atoms with Crippen molar-refractivity contribution in [2.45, 2.75) is 52.4 Å². The van der Waals surface area contributed by atoms with Gasteiger partial charge in [-0.2, -0.15) is 0 Å². The van der Waals surface area contributed by atoms with Crippen molar-refractivity contribution in [2.75, 3.05) is 19.6 Å². The van der Waals surface area contributed by atoms with Crippen LogP contribution < -0.4 is 0 Å². The number of esters is 1. The van der Waals surface area contributed by atoms with E-state index in [1.54, 1.807) is 32.6 Å². The zero-order valence-corrected chi connectivity index (χ0v) is 16.4. The maximum atomic E-state index is 12.5. The summed E-state index contributed by atoms with van der Waals surface area (Å²) in [5.74, 6) is -0.533. The van der Waals surface area contributed by atoms with Gasteiger partial charge >= 0.3 is 12.1 Å². The third-order valence-electron chi connectivity index (χ3n) is 4.19. The molecule has 148 valence electrons. The van der Waals surface area contributed by atoms with E-state index in [1.807, 2.05) is 30.3 Å². The first-order valence-electron chi connectivity index (χ1n) is 9.15. The van der Waals surface area contributed by atoms with Crippen molar-refractivity contribution in [3.8, 4) is 0 Å². The highest BCUT2D eigenvalue weighted by molar-refractivity contribution is 5.86. The lowest BCUT2D eigenvalue weighted by atomic mass is 10.1. The van der Waals surface area contributed by atoms with E-state index in [4.69, 9.17) is 9.47 Å². The molecular formula is C20H28N2O5. The summed E-state index contributed by atoms with van der Waals surface area (Å²) in [5, 5.41) is 0. The molecule has 1 atom stereocenters. The number of piperazine rings is 1. The van der Waals surface area contributed by atoms with Crippen LogP contribution in [-0.4, -0.2) is 59.0 Å². The van der Waals surface area contributed by atoms with E-state index in [1.165, 1.54) is 4.90 Å². The lowest BCUT2D eigenvalue weighted by molar-refractivity contribution is -0.156. The summed E-state index contributed by atoms with van der Waals surface area (Å²) in [6.07, 6.45) is -0.375. The minimum atomic E-state index is -0.624. The van der Waals surface area contributed by atoms with Gasteiger partial charge in [-0.25, -0.2) is 4.79 Å². The van der Waals surface area contributed by atoms with E-state index >= 15 is 0 Å². The quantitative estimate of drug-likeness (QED) is 0.739. The van der Waals surface area contributed by atoms with Gasteiger partial charge in [0.2, 0.25) is 5.91 Å². The van der Waals surface area contributed by atoms with E-state index in [2.05, 4.69) is 0 Å². The highest BCUT2D eigenvalue weighted by atomic mass is 16.6. The number of hydrogen-bond donors (Lipinski definition) is 0. The second-order valence-corrected chi connectivity index (χ2v) is 7.57. The van der Waals surface area contributed by atoms with Crippen molar-refractivity contribution in [1.82, 2.24) is 9.80 Å². The Balaban J connectivity index is 1.82. The number of hydrogen-bond acceptors (Lipinski definition) is 5. The maximum absolute atomic E-state index is 12.5. The fraction of sp³-hybridized carbons (Fsp3) is 0.550. The molecular weight excluding hydrogens is 348 g/mol. The van der Waals surface area contributed by atoms with Gasteiger partial charge < -0.3 is 14.4 Å². The van der Waals surface area contributed by atoms with Gasteiger partial charge in [0.05, 0.1) is 6.42 Å². The average Bonchev–Trinajstić information content (AvgIpc) is 2.60. The standard InChI is InChI=1S/C20H28N2O5/c1-15-18(24)21(11-10-17(23)27-20(2,3)4)12-13-22(15)19(25)26-14-16-8-6-5-7-9-16/h5-9,15H,10-14H2,1-4H3. The summed E-state index contributed by atoms with van der Waals surface area (Å²) in [5.41, 5.74) is 0.344. The molecule has 0 spiro atoms. The molecule has 0 saturated carbocycles. The molecule has 0 bridgehead atoms. The molecule has 27 heavy (non-hydrogen) atoms. The molecule has 1 aliphatic rings. The van der Waals surface area contributed by atoms with Crippen molar-refractivity contribution in [3.05, 3.63) is 35.9 Å². The fourth-order valence-corrected chi connectivity index (χ4v) is 2.82. The smallest absolute Gasteiger partial charge is 0.410 e. The Morgan fingerprint density at radius 1 is 1.15 bits per heavy atom. The Bertz CT molecular complexity index is 669. The van der Waals surface area contributed by atoms with Gasteiger partial charge in [0.1, 0.15) is 18.2 Å². The molecule has 1 fully saturated rings. The average molecular weight is 376 g/mol. The summed E-state index contributed by atoms with van der Waals surface area (Å²) in [6, 6.07) is 8.76. The van der Waals surface area contributed by atoms with Crippen LogP contribution in [0.5, 0.6) is 0 Å². The molecule has 0 N–H and O–H groups in total. The SMILES string of the molecule is CC1C(=O)N(CCC(=O)OC(C)(C)C)CCN1C(=O)OCc1ccccc1. The van der Waals surface area contributed by atoms with E-state index in [0.29, 0.717) is 13.1 Å². The van der Waals surface area contributed by atoms with Crippen LogP contribution in [0.15, 0.2) is 30.3 Å². The molecule has 2 amide bonds. The molecule has 1 saturated heterocycles. The van der Waals surface area contributed by atoms with Gasteiger partial charge in [-0.1, -0.05) is 30.3 Å². The molecule has 0 radical (unpaired) electrons. The molecule has 1 aliphatic heterocycles. The van der Waals surface area contributed by atoms with Crippen molar-refractivity contribution in [2.24, 2.45) is 0 Å². The summed E-state index contributed by atoms with van der Waals surface area (Å²) < 4.78 is 10.6. The van der Waals surface area contributed by atoms with Gasteiger partial charge in [0.25, 0.3) is 0 Å². The number of amides is 2. The molecule has 7 nitrogen and oxygen atoms in total. The minimum absolute atomic E-state index is 0.133. The zero-order chi connectivity index (χ0) is 20.0. The summed E-state index contributed by atoms with van der Waals surface area (Å²) in [4.78, 5) is 39.7. The van der Waals surface area contributed by atoms with Crippen LogP contribution in [0.2, 0.25) is 0 Å². The molecule has 2 rings (SSSR count). The van der Waals surface area contributed by atoms with Crippen molar-refractivity contribution < 1.29 is 23.9 Å². The van der Waals surface area contributed by atoms with Gasteiger partial charge in [0, 0.05) is 19.6 Å². The molecule has 1 aromatic carbocycles. The topological polar surface area (TPSA) is 76.2 Å². The summed E-state index contributed by atoms with van der Waals surface area (Å²) in [6.45, 7) is 8.27. The minimum Gasteiger partial charge on any atom is -0.460 e. The lowest BCUT2D eigenvalue weighted by Gasteiger charge is -2.38. The molecule has 1 heterocycles. The Kier molecular flexibility index (Phi) is 6.82. The van der Waals surface area contributed by atoms with E-state index in [-0.39, 0.29) is 31.4 Å². The second-order valence-electron chi connectivity index (χ2n) is 7.57. The molecule has 0 aliphatic carbocycles. The predicted molar refractivity (Wildman–Crippen MR) is 99.8 cm³/mol. The summed E-state index contributed by atoms with van der Waals surface area (Å²) in [7, 11) is 0. The van der Waals surface area contributed by atoms with E-state index < -0.39 is 17.7 Å². The first kappa shape index (κ1) is 20.7. The van der Waals surface area contributed by atoms with Crippen LogP contribution >= 0.6 is 0 Å². The Labute approximate surface area is 160 Å². The lowest BCUT2D eigenvalue weighted by Crippen LogP contribution is -2.57. The molecule has 1 unspecified atom stereocenters. The second kappa shape index (κ2) is 8.88. The van der Waals surface area contributed by atoms with Crippen LogP contribution in [0, 0.1) is 0 Å². The van der Waals surface area contributed by atoms with Crippen molar-refractivity contribution in [1.29, 1.82) is 0 Å². The maximum Gasteiger partial charge on any atom is 0.410 e. The van der Waals surface area contributed by atoms with Crippen LogP contribution in [0.4, 0.5) is 4.79 Å². The van der Waals surface area contributed by atoms with Crippen LogP contribution in [0.3, 0.4) is 0 Å². The largest absolute Gasteiger partial charge is 0.460 e. The first-order valence-corrected chi connectivity index (χ1v) is 9.15. The number of rotatable bonds is 5. The molecule has 1 aromatic rings. The van der Waals surface area contributed by atoms with Gasteiger partial charge in [-0.05, 0) is 33.3 Å². The number of ether oxygens (including phenoxy) is 2. The predicted octanol–water partition coefficient (Wildman–Crippen LogP) is 2.59. The highest BCUT2D eigenvalue weighted by Gasteiger charge is 2.35. The Morgan fingerprint density at radius 3 is 2.44 bits per heavy atom. The Morgan fingerprint density at radius 2 is 1.81 bits per heavy atom. The summed E-state index contributed by atoms with van der Waals surface area (Å²) >= 11 is 0. The van der Waals surface area contributed by atoms with Gasteiger partial charge in [0.15, 0.2) is 0 Å².